The molecule has 1 aliphatic rings. The van der Waals surface area contributed by atoms with E-state index in [0.29, 0.717) is 6.61 Å². The molecule has 2 rings (SSSR count). The molecule has 1 fully saturated rings. The average Bonchev–Trinajstić information content (AvgIpc) is 2.83. The molecule has 1 atom stereocenters. The number of hydrogen-bond donors (Lipinski definition) is 0. The summed E-state index contributed by atoms with van der Waals surface area (Å²) in [7, 11) is 0. The molecule has 1 aromatic heterocycles. The number of rotatable bonds is 2. The average molecular weight is 251 g/mol. The second-order valence-electron chi connectivity index (χ2n) is 5.27. The van der Waals surface area contributed by atoms with Crippen LogP contribution in [0.15, 0.2) is 11.1 Å². The molecule has 0 aromatic carbocycles. The molecule has 0 aliphatic carbocycles. The summed E-state index contributed by atoms with van der Waals surface area (Å²) in [5, 5.41) is 16.5. The SMILES string of the molecule is CC(C)(C)c1cc(SC#N)n([C@@H]2CCOC2)n1. The number of nitrogens with zero attached hydrogens (tertiary/aromatic N) is 3. The van der Waals surface area contributed by atoms with Gasteiger partial charge in [0.2, 0.25) is 0 Å². The van der Waals surface area contributed by atoms with E-state index in [2.05, 4.69) is 31.3 Å². The van der Waals surface area contributed by atoms with Gasteiger partial charge in [0.15, 0.2) is 0 Å². The first kappa shape index (κ1) is 12.5. The molecule has 0 bridgehead atoms. The van der Waals surface area contributed by atoms with E-state index in [1.54, 1.807) is 0 Å². The minimum Gasteiger partial charge on any atom is -0.379 e. The quantitative estimate of drug-likeness (QED) is 0.599. The summed E-state index contributed by atoms with van der Waals surface area (Å²) in [6, 6.07) is 2.30. The highest BCUT2D eigenvalue weighted by Crippen LogP contribution is 2.30. The van der Waals surface area contributed by atoms with Gasteiger partial charge in [-0.3, -0.25) is 4.68 Å². The van der Waals surface area contributed by atoms with Crippen LogP contribution in [0, 0.1) is 10.7 Å². The molecule has 0 radical (unpaired) electrons. The van der Waals surface area contributed by atoms with Gasteiger partial charge in [-0.05, 0) is 12.5 Å². The van der Waals surface area contributed by atoms with Gasteiger partial charge in [-0.25, -0.2) is 0 Å². The van der Waals surface area contributed by atoms with Gasteiger partial charge < -0.3 is 4.74 Å². The van der Waals surface area contributed by atoms with Crippen molar-refractivity contribution in [1.29, 1.82) is 5.26 Å². The molecule has 1 saturated heterocycles. The van der Waals surface area contributed by atoms with E-state index >= 15 is 0 Å². The first-order chi connectivity index (χ1) is 8.02. The van der Waals surface area contributed by atoms with Crippen molar-refractivity contribution < 1.29 is 4.74 Å². The van der Waals surface area contributed by atoms with Gasteiger partial charge in [0.1, 0.15) is 10.4 Å². The topological polar surface area (TPSA) is 50.8 Å². The third-order valence-electron chi connectivity index (χ3n) is 2.87. The summed E-state index contributed by atoms with van der Waals surface area (Å²) in [6.45, 7) is 7.87. The normalized spacial score (nSPS) is 20.5. The highest BCUT2D eigenvalue weighted by molar-refractivity contribution is 8.03. The van der Waals surface area contributed by atoms with Crippen LogP contribution >= 0.6 is 11.8 Å². The molecule has 17 heavy (non-hydrogen) atoms. The fraction of sp³-hybridized carbons (Fsp3) is 0.667. The zero-order valence-corrected chi connectivity index (χ0v) is 11.3. The van der Waals surface area contributed by atoms with E-state index in [4.69, 9.17) is 10.00 Å². The minimum atomic E-state index is 0.00940. The van der Waals surface area contributed by atoms with Gasteiger partial charge in [0.05, 0.1) is 18.3 Å². The lowest BCUT2D eigenvalue weighted by molar-refractivity contribution is 0.182. The van der Waals surface area contributed by atoms with Crippen molar-refractivity contribution >= 4 is 11.8 Å². The summed E-state index contributed by atoms with van der Waals surface area (Å²) in [6.07, 6.45) is 0.976. The largest absolute Gasteiger partial charge is 0.379 e. The molecular weight excluding hydrogens is 234 g/mol. The van der Waals surface area contributed by atoms with Crippen molar-refractivity contribution in [3.8, 4) is 5.40 Å². The standard InChI is InChI=1S/C12H17N3OS/c1-12(2,3)10-6-11(17-8-13)15(14-10)9-4-5-16-7-9/h6,9H,4-5,7H2,1-3H3/t9-/m1/s1. The molecule has 2 heterocycles. The zero-order valence-electron chi connectivity index (χ0n) is 10.4. The van der Waals surface area contributed by atoms with Crippen LogP contribution in [-0.4, -0.2) is 23.0 Å². The first-order valence-corrected chi connectivity index (χ1v) is 6.57. The Kier molecular flexibility index (Phi) is 3.45. The van der Waals surface area contributed by atoms with E-state index < -0.39 is 0 Å². The lowest BCUT2D eigenvalue weighted by Crippen LogP contribution is -2.15. The molecule has 92 valence electrons. The maximum Gasteiger partial charge on any atom is 0.140 e. The van der Waals surface area contributed by atoms with Gasteiger partial charge in [0, 0.05) is 23.8 Å². The van der Waals surface area contributed by atoms with Gasteiger partial charge in [-0.15, -0.1) is 0 Å². The van der Waals surface area contributed by atoms with E-state index in [9.17, 15) is 0 Å². The monoisotopic (exact) mass is 251 g/mol. The van der Waals surface area contributed by atoms with Gasteiger partial charge in [-0.2, -0.15) is 10.4 Å². The first-order valence-electron chi connectivity index (χ1n) is 5.76. The van der Waals surface area contributed by atoms with Crippen molar-refractivity contribution in [2.45, 2.75) is 43.7 Å². The maximum absolute atomic E-state index is 8.84. The number of thiocyanates is 1. The van der Waals surface area contributed by atoms with Crippen molar-refractivity contribution in [3.63, 3.8) is 0 Å². The lowest BCUT2D eigenvalue weighted by atomic mass is 9.93. The fourth-order valence-corrected chi connectivity index (χ4v) is 2.39. The number of aromatic nitrogens is 2. The van der Waals surface area contributed by atoms with Crippen LogP contribution < -0.4 is 0 Å². The number of thioether (sulfide) groups is 1. The summed E-state index contributed by atoms with van der Waals surface area (Å²) in [4.78, 5) is 0. The molecule has 1 aromatic rings. The summed E-state index contributed by atoms with van der Waals surface area (Å²) in [5.41, 5.74) is 1.04. The second-order valence-corrected chi connectivity index (χ2v) is 6.08. The van der Waals surface area contributed by atoms with Crippen LogP contribution in [0.4, 0.5) is 0 Å². The van der Waals surface area contributed by atoms with Gasteiger partial charge in [-0.1, -0.05) is 20.8 Å². The Morgan fingerprint density at radius 2 is 2.35 bits per heavy atom. The third-order valence-corrected chi connectivity index (χ3v) is 3.48. The molecule has 0 saturated carbocycles. The van der Waals surface area contributed by atoms with E-state index in [0.717, 1.165) is 23.7 Å². The van der Waals surface area contributed by atoms with Crippen molar-refractivity contribution in [2.75, 3.05) is 13.2 Å². The van der Waals surface area contributed by atoms with Crippen molar-refractivity contribution in [1.82, 2.24) is 9.78 Å². The van der Waals surface area contributed by atoms with E-state index in [1.807, 2.05) is 10.7 Å². The Morgan fingerprint density at radius 1 is 1.59 bits per heavy atom. The van der Waals surface area contributed by atoms with Crippen LogP contribution in [0.1, 0.15) is 38.9 Å². The molecular formula is C12H17N3OS. The van der Waals surface area contributed by atoms with Crippen LogP contribution in [0.3, 0.4) is 0 Å². The Labute approximate surface area is 106 Å². The lowest BCUT2D eigenvalue weighted by Gasteiger charge is -2.15. The molecule has 1 aliphatic heterocycles. The molecule has 0 N–H and O–H groups in total. The Hall–Kier alpha value is -0.990. The fourth-order valence-electron chi connectivity index (χ4n) is 1.84. The minimum absolute atomic E-state index is 0.00940. The highest BCUT2D eigenvalue weighted by Gasteiger charge is 2.25. The predicted octanol–water partition coefficient (Wildman–Crippen LogP) is 2.72. The number of hydrogen-bond acceptors (Lipinski definition) is 4. The molecule has 0 unspecified atom stereocenters. The highest BCUT2D eigenvalue weighted by atomic mass is 32.2. The van der Waals surface area contributed by atoms with Crippen molar-refractivity contribution in [3.05, 3.63) is 11.8 Å². The Morgan fingerprint density at radius 3 is 2.88 bits per heavy atom. The Bertz CT molecular complexity index is 436. The third kappa shape index (κ3) is 2.64. The summed E-state index contributed by atoms with van der Waals surface area (Å²) in [5.74, 6) is 0. The number of ether oxygens (including phenoxy) is 1. The predicted molar refractivity (Wildman–Crippen MR) is 66.9 cm³/mol. The zero-order chi connectivity index (χ0) is 12.5. The summed E-state index contributed by atoms with van der Waals surface area (Å²) < 4.78 is 7.35. The molecule has 0 spiro atoms. The van der Waals surface area contributed by atoms with Crippen LogP contribution in [0.5, 0.6) is 0 Å². The second kappa shape index (κ2) is 4.71. The van der Waals surface area contributed by atoms with Gasteiger partial charge >= 0.3 is 0 Å². The molecule has 5 heteroatoms. The van der Waals surface area contributed by atoms with Crippen LogP contribution in [0.25, 0.3) is 0 Å². The maximum atomic E-state index is 8.84. The smallest absolute Gasteiger partial charge is 0.140 e. The Balaban J connectivity index is 2.35. The number of nitriles is 1. The van der Waals surface area contributed by atoms with Crippen LogP contribution in [0.2, 0.25) is 0 Å². The van der Waals surface area contributed by atoms with Gasteiger partial charge in [0.25, 0.3) is 0 Å². The van der Waals surface area contributed by atoms with E-state index in [-0.39, 0.29) is 11.5 Å². The summed E-state index contributed by atoms with van der Waals surface area (Å²) >= 11 is 1.18. The molecule has 0 amide bonds. The van der Waals surface area contributed by atoms with Crippen LogP contribution in [-0.2, 0) is 10.2 Å². The van der Waals surface area contributed by atoms with Crippen molar-refractivity contribution in [2.24, 2.45) is 0 Å². The molecule has 4 nitrogen and oxygen atoms in total. The van der Waals surface area contributed by atoms with E-state index in [1.165, 1.54) is 11.8 Å².